The van der Waals surface area contributed by atoms with Crippen LogP contribution >= 0.6 is 7.21 Å². The Hall–Kier alpha value is -2.44. The fourth-order valence-electron chi connectivity index (χ4n) is 5.86. The molecule has 5 rings (SSSR count). The molecule has 1 aromatic heterocycles. The second kappa shape index (κ2) is 9.70. The zero-order valence-corrected chi connectivity index (χ0v) is 23.9. The van der Waals surface area contributed by atoms with E-state index in [-0.39, 0.29) is 10.1 Å². The Morgan fingerprint density at radius 2 is 1.54 bits per heavy atom. The van der Waals surface area contributed by atoms with Crippen molar-refractivity contribution in [3.63, 3.8) is 0 Å². The van der Waals surface area contributed by atoms with Gasteiger partial charge in [-0.05, 0) is 68.3 Å². The van der Waals surface area contributed by atoms with Crippen molar-refractivity contribution in [2.45, 2.75) is 63.6 Å². The Morgan fingerprint density at radius 1 is 0.892 bits per heavy atom. The highest BCUT2D eigenvalue weighted by atomic mass is 32.2. The third kappa shape index (κ3) is 4.57. The summed E-state index contributed by atoms with van der Waals surface area (Å²) in [5.74, 6) is 0. The number of aryl methyl sites for hydroxylation is 1. The molecule has 37 heavy (non-hydrogen) atoms. The molecule has 1 unspecified atom stereocenters. The molecule has 8 heteroatoms. The predicted molar refractivity (Wildman–Crippen MR) is 157 cm³/mol. The van der Waals surface area contributed by atoms with Crippen LogP contribution in [0.15, 0.2) is 76.4 Å². The SMILES string of the molecule is CCn1c2ccccc2c2cc(P(=Nc3ccc(S(N)(=O)=O)cc3)(N3CCCCC3)C(C)(C)C)ccc21. The summed E-state index contributed by atoms with van der Waals surface area (Å²) in [6, 6.07) is 22.3. The lowest BCUT2D eigenvalue weighted by molar-refractivity contribution is 0.361. The Morgan fingerprint density at radius 3 is 2.16 bits per heavy atom. The molecule has 0 saturated carbocycles. The van der Waals surface area contributed by atoms with Gasteiger partial charge < -0.3 is 4.57 Å². The normalized spacial score (nSPS) is 17.2. The van der Waals surface area contributed by atoms with E-state index in [9.17, 15) is 8.42 Å². The van der Waals surface area contributed by atoms with E-state index < -0.39 is 17.2 Å². The van der Waals surface area contributed by atoms with E-state index in [0.29, 0.717) is 0 Å². The molecule has 3 aromatic carbocycles. The smallest absolute Gasteiger partial charge is 0.238 e. The molecule has 4 aromatic rings. The summed E-state index contributed by atoms with van der Waals surface area (Å²) >= 11 is 0. The van der Waals surface area contributed by atoms with E-state index in [2.05, 4.69) is 79.4 Å². The van der Waals surface area contributed by atoms with Gasteiger partial charge in [-0.25, -0.2) is 18.3 Å². The summed E-state index contributed by atoms with van der Waals surface area (Å²) < 4.78 is 34.3. The first kappa shape index (κ1) is 26.2. The lowest BCUT2D eigenvalue weighted by atomic mass is 10.1. The van der Waals surface area contributed by atoms with Gasteiger partial charge in [0.15, 0.2) is 0 Å². The fraction of sp³-hybridized carbons (Fsp3) is 0.379. The van der Waals surface area contributed by atoms with Crippen molar-refractivity contribution in [2.24, 2.45) is 9.88 Å². The fourth-order valence-corrected chi connectivity index (χ4v) is 10.8. The van der Waals surface area contributed by atoms with E-state index in [0.717, 1.165) is 38.2 Å². The summed E-state index contributed by atoms with van der Waals surface area (Å²) in [5.41, 5.74) is 3.29. The van der Waals surface area contributed by atoms with Crippen LogP contribution < -0.4 is 10.4 Å². The molecule has 6 nitrogen and oxygen atoms in total. The Bertz CT molecular complexity index is 1610. The molecule has 0 amide bonds. The molecule has 1 aliphatic heterocycles. The molecule has 2 heterocycles. The largest absolute Gasteiger partial charge is 0.341 e. The van der Waals surface area contributed by atoms with Crippen LogP contribution in [0.25, 0.3) is 21.8 Å². The zero-order valence-electron chi connectivity index (χ0n) is 22.2. The van der Waals surface area contributed by atoms with Gasteiger partial charge in [0.2, 0.25) is 10.0 Å². The molecule has 0 spiro atoms. The van der Waals surface area contributed by atoms with Crippen LogP contribution in [-0.2, 0) is 16.6 Å². The van der Waals surface area contributed by atoms with Crippen LogP contribution in [0.4, 0.5) is 5.69 Å². The highest BCUT2D eigenvalue weighted by Gasteiger charge is 2.41. The molecule has 196 valence electrons. The number of primary sulfonamides is 1. The highest BCUT2D eigenvalue weighted by Crippen LogP contribution is 2.64. The Balaban J connectivity index is 1.82. The van der Waals surface area contributed by atoms with Gasteiger partial charge in [0, 0.05) is 51.9 Å². The van der Waals surface area contributed by atoms with Crippen molar-refractivity contribution >= 4 is 50.0 Å². The van der Waals surface area contributed by atoms with Gasteiger partial charge in [0.25, 0.3) is 0 Å². The third-order valence-electron chi connectivity index (χ3n) is 7.53. The average molecular weight is 537 g/mol. The number of hydrogen-bond donors (Lipinski definition) is 1. The quantitative estimate of drug-likeness (QED) is 0.284. The van der Waals surface area contributed by atoms with Crippen molar-refractivity contribution in [1.82, 2.24) is 9.24 Å². The summed E-state index contributed by atoms with van der Waals surface area (Å²) in [5, 5.41) is 9.02. The van der Waals surface area contributed by atoms with Gasteiger partial charge in [-0.15, -0.1) is 0 Å². The minimum atomic E-state index is -3.76. The van der Waals surface area contributed by atoms with Gasteiger partial charge in [-0.2, -0.15) is 0 Å². The number of hydrogen-bond acceptors (Lipinski definition) is 3. The van der Waals surface area contributed by atoms with E-state index >= 15 is 0 Å². The van der Waals surface area contributed by atoms with Crippen molar-refractivity contribution in [3.8, 4) is 0 Å². The van der Waals surface area contributed by atoms with E-state index in [1.54, 1.807) is 24.3 Å². The molecule has 1 aliphatic rings. The summed E-state index contributed by atoms with van der Waals surface area (Å²) in [6.07, 6.45) is 3.57. The van der Waals surface area contributed by atoms with Crippen molar-refractivity contribution in [1.29, 1.82) is 0 Å². The number of para-hydroxylation sites is 1. The average Bonchev–Trinajstić information content (AvgIpc) is 3.20. The van der Waals surface area contributed by atoms with Crippen LogP contribution in [0.5, 0.6) is 0 Å². The van der Waals surface area contributed by atoms with Crippen LogP contribution in [0.2, 0.25) is 0 Å². The number of benzene rings is 3. The van der Waals surface area contributed by atoms with Crippen molar-refractivity contribution in [2.75, 3.05) is 13.1 Å². The Kier molecular flexibility index (Phi) is 6.86. The van der Waals surface area contributed by atoms with Crippen LogP contribution in [0, 0.1) is 0 Å². The summed E-state index contributed by atoms with van der Waals surface area (Å²) in [4.78, 5) is 0.109. The van der Waals surface area contributed by atoms with Crippen LogP contribution in [0.1, 0.15) is 47.0 Å². The maximum atomic E-state index is 11.9. The maximum Gasteiger partial charge on any atom is 0.238 e. The monoisotopic (exact) mass is 536 g/mol. The van der Waals surface area contributed by atoms with Gasteiger partial charge >= 0.3 is 0 Å². The number of fused-ring (bicyclic) bond motifs is 3. The van der Waals surface area contributed by atoms with E-state index in [1.165, 1.54) is 33.5 Å². The van der Waals surface area contributed by atoms with Gasteiger partial charge in [0.05, 0.1) is 17.8 Å². The number of rotatable bonds is 5. The first-order valence-corrected chi connectivity index (χ1v) is 16.3. The van der Waals surface area contributed by atoms with Crippen LogP contribution in [0.3, 0.4) is 0 Å². The van der Waals surface area contributed by atoms with Crippen molar-refractivity contribution < 1.29 is 8.42 Å². The molecule has 0 aliphatic carbocycles. The standard InChI is InChI=1S/C29H37N4O2PS/c1-5-33-27-12-8-7-11-25(27)26-21-23(15-18-28(26)33)36(29(2,3)4,32-19-9-6-10-20-32)31-22-13-16-24(17-14-22)37(30,34)35/h7-8,11-18,21H,5-6,9-10,19-20H2,1-4H3,(H2,30,34,35). The lowest BCUT2D eigenvalue weighted by Crippen LogP contribution is -2.39. The molecular weight excluding hydrogens is 499 g/mol. The van der Waals surface area contributed by atoms with Gasteiger partial charge in [-0.1, -0.05) is 45.4 Å². The first-order valence-electron chi connectivity index (χ1n) is 13.1. The predicted octanol–water partition coefficient (Wildman–Crippen LogP) is 6.82. The number of aromatic nitrogens is 1. The highest BCUT2D eigenvalue weighted by molar-refractivity contribution is 7.89. The van der Waals surface area contributed by atoms with Gasteiger partial charge in [-0.3, -0.25) is 4.67 Å². The topological polar surface area (TPSA) is 80.7 Å². The number of nitrogens with zero attached hydrogens (tertiary/aromatic N) is 3. The van der Waals surface area contributed by atoms with E-state index in [1.807, 2.05) is 0 Å². The number of sulfonamides is 1. The van der Waals surface area contributed by atoms with Crippen molar-refractivity contribution in [3.05, 3.63) is 66.7 Å². The summed E-state index contributed by atoms with van der Waals surface area (Å²) in [7, 11) is -6.05. The second-order valence-corrected chi connectivity index (χ2v) is 16.3. The molecular formula is C29H37N4O2PS. The van der Waals surface area contributed by atoms with E-state index in [4.69, 9.17) is 9.88 Å². The van der Waals surface area contributed by atoms with Crippen LogP contribution in [-0.4, -0.2) is 35.9 Å². The maximum absolute atomic E-state index is 11.9. The molecule has 0 bridgehead atoms. The zero-order chi connectivity index (χ0) is 26.4. The third-order valence-corrected chi connectivity index (χ3v) is 13.1. The Labute approximate surface area is 220 Å². The molecule has 1 fully saturated rings. The molecule has 0 radical (unpaired) electrons. The molecule has 1 atom stereocenters. The second-order valence-electron chi connectivity index (χ2n) is 10.9. The minimum Gasteiger partial charge on any atom is -0.341 e. The first-order chi connectivity index (χ1) is 17.6. The number of piperidine rings is 1. The number of nitrogens with two attached hydrogens (primary N) is 1. The lowest BCUT2D eigenvalue weighted by Gasteiger charge is -2.47. The minimum absolute atomic E-state index is 0.109. The van der Waals surface area contributed by atoms with Gasteiger partial charge in [0.1, 0.15) is 0 Å². The molecule has 2 N–H and O–H groups in total. The summed E-state index contributed by atoms with van der Waals surface area (Å²) in [6.45, 7) is 12.0. The molecule has 1 saturated heterocycles.